The topological polar surface area (TPSA) is 55.5 Å². The first kappa shape index (κ1) is 24.2. The fraction of sp³-hybridized carbons (Fsp3) is 0.792. The lowest BCUT2D eigenvalue weighted by atomic mass is 9.62. The van der Waals surface area contributed by atoms with Crippen molar-refractivity contribution in [1.82, 2.24) is 25.6 Å². The van der Waals surface area contributed by atoms with E-state index in [2.05, 4.69) is 21.1 Å². The minimum absolute atomic E-state index is 0.155. The number of rotatable bonds is 7. The number of halogens is 4. The van der Waals surface area contributed by atoms with E-state index >= 15 is 0 Å². The van der Waals surface area contributed by atoms with Gasteiger partial charge >= 0.3 is 6.18 Å². The van der Waals surface area contributed by atoms with Crippen molar-refractivity contribution in [1.29, 1.82) is 0 Å². The van der Waals surface area contributed by atoms with E-state index in [4.69, 9.17) is 4.98 Å². The molecule has 34 heavy (non-hydrogen) atoms. The molecule has 5 rings (SSSR count). The molecule has 0 aromatic carbocycles. The number of piperidine rings is 1. The molecule has 0 radical (unpaired) electrons. The number of anilines is 1. The second kappa shape index (κ2) is 9.87. The highest BCUT2D eigenvalue weighted by atomic mass is 19.4. The van der Waals surface area contributed by atoms with E-state index in [1.165, 1.54) is 0 Å². The average molecular weight is 485 g/mol. The van der Waals surface area contributed by atoms with E-state index in [9.17, 15) is 17.6 Å². The molecule has 1 aliphatic carbocycles. The maximum absolute atomic E-state index is 13.6. The Kier molecular flexibility index (Phi) is 7.03. The van der Waals surface area contributed by atoms with Gasteiger partial charge in [0.05, 0.1) is 42.9 Å². The van der Waals surface area contributed by atoms with Crippen molar-refractivity contribution in [2.45, 2.75) is 63.0 Å². The van der Waals surface area contributed by atoms with Gasteiger partial charge in [0, 0.05) is 38.3 Å². The number of nitrogens with one attached hydrogen (secondary N) is 3. The molecule has 10 heteroatoms. The summed E-state index contributed by atoms with van der Waals surface area (Å²) in [7, 11) is 0. The molecule has 1 aromatic heterocycles. The molecule has 4 heterocycles. The van der Waals surface area contributed by atoms with Gasteiger partial charge in [0.15, 0.2) is 0 Å². The number of aromatic nitrogens is 1. The Morgan fingerprint density at radius 1 is 1.15 bits per heavy atom. The Hall–Kier alpha value is -1.49. The molecule has 0 bridgehead atoms. The average Bonchev–Trinajstić information content (AvgIpc) is 3.25. The fourth-order valence-corrected chi connectivity index (χ4v) is 6.87. The molecule has 4 fully saturated rings. The Morgan fingerprint density at radius 2 is 1.97 bits per heavy atom. The molecular formula is C24H36F4N6. The van der Waals surface area contributed by atoms with Crippen molar-refractivity contribution < 1.29 is 17.6 Å². The van der Waals surface area contributed by atoms with Crippen LogP contribution >= 0.6 is 0 Å². The zero-order chi connectivity index (χ0) is 23.9. The molecule has 3 aliphatic heterocycles. The third kappa shape index (κ3) is 5.05. The Balaban J connectivity index is 1.32. The number of likely N-dealkylation sites (tertiary alicyclic amines) is 2. The molecule has 4 aliphatic rings. The van der Waals surface area contributed by atoms with E-state index in [1.54, 1.807) is 11.1 Å². The van der Waals surface area contributed by atoms with Gasteiger partial charge in [0.2, 0.25) is 0 Å². The number of hydrazine groups is 1. The van der Waals surface area contributed by atoms with Crippen LogP contribution in [0.5, 0.6) is 0 Å². The molecule has 6 nitrogen and oxygen atoms in total. The first-order valence-corrected chi connectivity index (χ1v) is 12.6. The van der Waals surface area contributed by atoms with E-state index in [0.717, 1.165) is 56.8 Å². The standard InChI is InChI=1S/C24H36F4N6/c1-15-9-19-18(4-6-21-20(19)11-30-32-21)23(34(15)14-24(26,27)28)22-5-3-16(10-29-22)31-17-12-33(13-17)8-2-7-25/h3,5,10,15,17-21,23,30-32H,2,4,6-9,11-14H2,1H3/t15-,18?,19?,20?,21?,23+/m1/s1. The Morgan fingerprint density at radius 3 is 2.68 bits per heavy atom. The minimum Gasteiger partial charge on any atom is -0.378 e. The molecule has 0 amide bonds. The molecule has 0 spiro atoms. The van der Waals surface area contributed by atoms with Gasteiger partial charge in [0.25, 0.3) is 0 Å². The van der Waals surface area contributed by atoms with Crippen molar-refractivity contribution in [2.75, 3.05) is 44.7 Å². The van der Waals surface area contributed by atoms with Crippen LogP contribution in [0.25, 0.3) is 0 Å². The summed E-state index contributed by atoms with van der Waals surface area (Å²) in [6, 6.07) is 4.10. The third-order valence-corrected chi connectivity index (χ3v) is 8.38. The molecule has 1 aromatic rings. The predicted molar refractivity (Wildman–Crippen MR) is 123 cm³/mol. The van der Waals surface area contributed by atoms with Crippen LogP contribution in [0.3, 0.4) is 0 Å². The van der Waals surface area contributed by atoms with Gasteiger partial charge in [-0.3, -0.25) is 30.0 Å². The van der Waals surface area contributed by atoms with E-state index in [-0.39, 0.29) is 24.7 Å². The number of alkyl halides is 4. The fourth-order valence-electron chi connectivity index (χ4n) is 6.87. The highest BCUT2D eigenvalue weighted by Gasteiger charge is 2.52. The zero-order valence-corrected chi connectivity index (χ0v) is 19.7. The predicted octanol–water partition coefficient (Wildman–Crippen LogP) is 3.35. The zero-order valence-electron chi connectivity index (χ0n) is 19.7. The van der Waals surface area contributed by atoms with Crippen molar-refractivity contribution in [3.8, 4) is 0 Å². The van der Waals surface area contributed by atoms with Crippen molar-refractivity contribution in [3.63, 3.8) is 0 Å². The SMILES string of the molecule is C[C@@H]1CC2C3CNNC3CCC2[C@@H](c2ccc(NC3CN(CCCF)C3)cn2)N1CC(F)(F)F. The number of pyridine rings is 1. The highest BCUT2D eigenvalue weighted by Crippen LogP contribution is 2.51. The number of hydrogen-bond acceptors (Lipinski definition) is 6. The molecule has 3 saturated heterocycles. The largest absolute Gasteiger partial charge is 0.401 e. The summed E-state index contributed by atoms with van der Waals surface area (Å²) in [5.74, 6) is 1.01. The monoisotopic (exact) mass is 484 g/mol. The summed E-state index contributed by atoms with van der Waals surface area (Å²) in [5, 5.41) is 3.45. The van der Waals surface area contributed by atoms with E-state index in [1.807, 2.05) is 19.1 Å². The Bertz CT molecular complexity index is 815. The van der Waals surface area contributed by atoms with Crippen molar-refractivity contribution >= 4 is 5.69 Å². The summed E-state index contributed by atoms with van der Waals surface area (Å²) < 4.78 is 53.1. The number of fused-ring (bicyclic) bond motifs is 3. The second-order valence-corrected chi connectivity index (χ2v) is 10.6. The summed E-state index contributed by atoms with van der Waals surface area (Å²) >= 11 is 0. The maximum Gasteiger partial charge on any atom is 0.401 e. The molecule has 6 atom stereocenters. The first-order chi connectivity index (χ1) is 16.3. The minimum atomic E-state index is -4.24. The van der Waals surface area contributed by atoms with Crippen molar-refractivity contribution in [3.05, 3.63) is 24.0 Å². The van der Waals surface area contributed by atoms with Crippen LogP contribution in [0.4, 0.5) is 23.2 Å². The molecular weight excluding hydrogens is 448 g/mol. The molecule has 3 N–H and O–H groups in total. The normalized spacial score (nSPS) is 35.0. The van der Waals surface area contributed by atoms with Crippen LogP contribution in [0.2, 0.25) is 0 Å². The number of hydrogen-bond donors (Lipinski definition) is 3. The lowest BCUT2D eigenvalue weighted by Crippen LogP contribution is -2.56. The van der Waals surface area contributed by atoms with Crippen LogP contribution in [-0.4, -0.2) is 78.5 Å². The quantitative estimate of drug-likeness (QED) is 0.516. The van der Waals surface area contributed by atoms with Gasteiger partial charge in [-0.15, -0.1) is 0 Å². The van der Waals surface area contributed by atoms with Gasteiger partial charge in [0.1, 0.15) is 0 Å². The van der Waals surface area contributed by atoms with Crippen LogP contribution < -0.4 is 16.2 Å². The van der Waals surface area contributed by atoms with Crippen LogP contribution in [0.15, 0.2) is 18.3 Å². The van der Waals surface area contributed by atoms with Crippen LogP contribution in [0.1, 0.15) is 44.3 Å². The second-order valence-electron chi connectivity index (χ2n) is 10.6. The maximum atomic E-state index is 13.6. The molecule has 4 unspecified atom stereocenters. The lowest BCUT2D eigenvalue weighted by Gasteiger charge is -2.53. The van der Waals surface area contributed by atoms with Crippen LogP contribution in [0, 0.1) is 17.8 Å². The molecule has 1 saturated carbocycles. The summed E-state index contributed by atoms with van der Waals surface area (Å²) in [5.41, 5.74) is 8.28. The van der Waals surface area contributed by atoms with Gasteiger partial charge in [-0.1, -0.05) is 0 Å². The van der Waals surface area contributed by atoms with Gasteiger partial charge in [-0.2, -0.15) is 13.2 Å². The summed E-state index contributed by atoms with van der Waals surface area (Å²) in [6.07, 6.45) is 0.764. The van der Waals surface area contributed by atoms with Crippen LogP contribution in [-0.2, 0) is 0 Å². The van der Waals surface area contributed by atoms with Gasteiger partial charge in [-0.25, -0.2) is 0 Å². The lowest BCUT2D eigenvalue weighted by molar-refractivity contribution is -0.172. The smallest absolute Gasteiger partial charge is 0.378 e. The first-order valence-electron chi connectivity index (χ1n) is 12.6. The van der Waals surface area contributed by atoms with Gasteiger partial charge in [-0.05, 0) is 62.5 Å². The van der Waals surface area contributed by atoms with E-state index < -0.39 is 12.7 Å². The molecule has 190 valence electrons. The Labute approximate surface area is 198 Å². The summed E-state index contributed by atoms with van der Waals surface area (Å²) in [4.78, 5) is 8.57. The summed E-state index contributed by atoms with van der Waals surface area (Å²) in [6.45, 7) is 4.15. The van der Waals surface area contributed by atoms with Crippen molar-refractivity contribution in [2.24, 2.45) is 17.8 Å². The third-order valence-electron chi connectivity index (χ3n) is 8.38. The van der Waals surface area contributed by atoms with E-state index in [0.29, 0.717) is 30.3 Å². The highest BCUT2D eigenvalue weighted by molar-refractivity contribution is 5.43. The van der Waals surface area contributed by atoms with Gasteiger partial charge < -0.3 is 5.32 Å². The number of nitrogens with zero attached hydrogens (tertiary/aromatic N) is 3.